The highest BCUT2D eigenvalue weighted by atomic mass is 19.3. The number of hydrogen-bond acceptors (Lipinski definition) is 3. The highest BCUT2D eigenvalue weighted by Gasteiger charge is 2.35. The Morgan fingerprint density at radius 2 is 1.96 bits per heavy atom. The number of pyridine rings is 1. The molecule has 25 heavy (non-hydrogen) atoms. The van der Waals surface area contributed by atoms with Gasteiger partial charge in [-0.25, -0.2) is 18.4 Å². The Kier molecular flexibility index (Phi) is 4.21. The molecule has 2 aromatic rings. The van der Waals surface area contributed by atoms with Crippen molar-refractivity contribution in [1.82, 2.24) is 14.8 Å². The number of hydrogen-bond donors (Lipinski definition) is 1. The molecule has 2 aromatic heterocycles. The van der Waals surface area contributed by atoms with Gasteiger partial charge < -0.3 is 5.32 Å². The first kappa shape index (κ1) is 16.5. The third kappa shape index (κ3) is 3.53. The van der Waals surface area contributed by atoms with Gasteiger partial charge in [0, 0.05) is 25.1 Å². The second kappa shape index (κ2) is 6.39. The van der Waals surface area contributed by atoms with Gasteiger partial charge in [-0.15, -0.1) is 0 Å². The van der Waals surface area contributed by atoms with Crippen molar-refractivity contribution in [3.63, 3.8) is 0 Å². The number of nitrogens with zero attached hydrogens (tertiary/aromatic N) is 3. The number of nitrogens with one attached hydrogen (secondary N) is 1. The highest BCUT2D eigenvalue weighted by Crippen LogP contribution is 2.35. The molecule has 0 aliphatic heterocycles. The summed E-state index contributed by atoms with van der Waals surface area (Å²) in [7, 11) is 0. The van der Waals surface area contributed by atoms with Gasteiger partial charge in [0.2, 0.25) is 5.92 Å². The number of aryl methyl sites for hydroxylation is 2. The minimum Gasteiger partial charge on any atom is -0.367 e. The van der Waals surface area contributed by atoms with Gasteiger partial charge in [0.25, 0.3) is 0 Å². The lowest BCUT2D eigenvalue weighted by molar-refractivity contribution is -0.0361. The lowest BCUT2D eigenvalue weighted by Crippen LogP contribution is -2.32. The summed E-state index contributed by atoms with van der Waals surface area (Å²) >= 11 is 0. The van der Waals surface area contributed by atoms with E-state index in [1.807, 2.05) is 19.2 Å². The lowest BCUT2D eigenvalue weighted by atomic mass is 9.90. The van der Waals surface area contributed by atoms with Crippen LogP contribution in [0.3, 0.4) is 0 Å². The standard InChI is InChI=1S/C19H24F2N4/c1-13-8-11-25(24-13)17-12-14-4-2-3-5-16(14)18(23-17)22-15-6-9-19(20,21)10-7-15/h8,11-12,15H,2-7,9-10H2,1H3,(H,22,23). The molecule has 0 unspecified atom stereocenters. The number of fused-ring (bicyclic) bond motifs is 1. The largest absolute Gasteiger partial charge is 0.367 e. The van der Waals surface area contributed by atoms with Gasteiger partial charge in [-0.3, -0.25) is 0 Å². The molecule has 4 rings (SSSR count). The van der Waals surface area contributed by atoms with E-state index in [0.29, 0.717) is 12.8 Å². The maximum Gasteiger partial charge on any atom is 0.248 e. The Bertz CT molecular complexity index is 759. The Hall–Kier alpha value is -1.98. The average Bonchev–Trinajstić information content (AvgIpc) is 3.03. The summed E-state index contributed by atoms with van der Waals surface area (Å²) in [6, 6.07) is 4.16. The predicted molar refractivity (Wildman–Crippen MR) is 93.6 cm³/mol. The van der Waals surface area contributed by atoms with E-state index in [2.05, 4.69) is 16.5 Å². The summed E-state index contributed by atoms with van der Waals surface area (Å²) < 4.78 is 28.6. The third-order valence-corrected chi connectivity index (χ3v) is 5.34. The van der Waals surface area contributed by atoms with E-state index in [9.17, 15) is 8.78 Å². The van der Waals surface area contributed by atoms with Crippen LogP contribution in [0.4, 0.5) is 14.6 Å². The van der Waals surface area contributed by atoms with E-state index < -0.39 is 5.92 Å². The molecule has 0 atom stereocenters. The first-order valence-electron chi connectivity index (χ1n) is 9.20. The summed E-state index contributed by atoms with van der Waals surface area (Å²) in [6.45, 7) is 1.95. The molecule has 0 amide bonds. The maximum atomic E-state index is 13.4. The topological polar surface area (TPSA) is 42.7 Å². The van der Waals surface area contributed by atoms with Gasteiger partial charge in [-0.1, -0.05) is 0 Å². The normalized spacial score (nSPS) is 20.3. The fourth-order valence-electron chi connectivity index (χ4n) is 3.89. The summed E-state index contributed by atoms with van der Waals surface area (Å²) in [5.74, 6) is -0.826. The average molecular weight is 346 g/mol. The van der Waals surface area contributed by atoms with Crippen LogP contribution in [0, 0.1) is 6.92 Å². The van der Waals surface area contributed by atoms with E-state index in [-0.39, 0.29) is 18.9 Å². The summed E-state index contributed by atoms with van der Waals surface area (Å²) in [5, 5.41) is 7.94. The maximum absolute atomic E-state index is 13.4. The number of anilines is 1. The molecule has 1 saturated carbocycles. The van der Waals surface area contributed by atoms with E-state index in [1.165, 1.54) is 17.5 Å². The molecule has 1 fully saturated rings. The van der Waals surface area contributed by atoms with Gasteiger partial charge in [-0.05, 0) is 68.7 Å². The van der Waals surface area contributed by atoms with Crippen LogP contribution in [-0.2, 0) is 12.8 Å². The van der Waals surface area contributed by atoms with Gasteiger partial charge >= 0.3 is 0 Å². The first-order valence-corrected chi connectivity index (χ1v) is 9.20. The van der Waals surface area contributed by atoms with Crippen molar-refractivity contribution in [3.05, 3.63) is 35.2 Å². The minimum atomic E-state index is -2.50. The lowest BCUT2D eigenvalue weighted by Gasteiger charge is -2.30. The molecule has 6 heteroatoms. The fraction of sp³-hybridized carbons (Fsp3) is 0.579. The number of halogens is 2. The smallest absolute Gasteiger partial charge is 0.248 e. The van der Waals surface area contributed by atoms with E-state index in [4.69, 9.17) is 4.98 Å². The Morgan fingerprint density at radius 1 is 1.20 bits per heavy atom. The summed E-state index contributed by atoms with van der Waals surface area (Å²) in [5.41, 5.74) is 3.52. The molecule has 134 valence electrons. The zero-order valence-corrected chi connectivity index (χ0v) is 14.6. The minimum absolute atomic E-state index is 0.0368. The monoisotopic (exact) mass is 346 g/mol. The van der Waals surface area contributed by atoms with E-state index in [0.717, 1.165) is 36.6 Å². The van der Waals surface area contributed by atoms with Crippen LogP contribution in [0.15, 0.2) is 18.3 Å². The SMILES string of the molecule is Cc1ccn(-c2cc3c(c(NC4CCC(F)(F)CC4)n2)CCCC3)n1. The highest BCUT2D eigenvalue weighted by molar-refractivity contribution is 5.54. The Labute approximate surface area is 146 Å². The summed E-state index contributed by atoms with van der Waals surface area (Å²) in [6.07, 6.45) is 7.22. The third-order valence-electron chi connectivity index (χ3n) is 5.34. The zero-order valence-electron chi connectivity index (χ0n) is 14.6. The van der Waals surface area contributed by atoms with Crippen molar-refractivity contribution >= 4 is 5.82 Å². The van der Waals surface area contributed by atoms with Crippen molar-refractivity contribution < 1.29 is 8.78 Å². The molecule has 0 saturated heterocycles. The molecular weight excluding hydrogens is 322 g/mol. The molecule has 2 aliphatic carbocycles. The van der Waals surface area contributed by atoms with Crippen LogP contribution >= 0.6 is 0 Å². The molecule has 0 aromatic carbocycles. The quantitative estimate of drug-likeness (QED) is 0.893. The van der Waals surface area contributed by atoms with Crippen molar-refractivity contribution in [3.8, 4) is 5.82 Å². The van der Waals surface area contributed by atoms with Crippen molar-refractivity contribution in [2.45, 2.75) is 70.3 Å². The molecule has 0 bridgehead atoms. The molecule has 1 N–H and O–H groups in total. The van der Waals surface area contributed by atoms with Crippen LogP contribution in [0.5, 0.6) is 0 Å². The van der Waals surface area contributed by atoms with Crippen LogP contribution < -0.4 is 5.32 Å². The zero-order chi connectivity index (χ0) is 17.4. The van der Waals surface area contributed by atoms with Gasteiger partial charge in [-0.2, -0.15) is 5.10 Å². The molecular formula is C19H24F2N4. The second-order valence-electron chi connectivity index (χ2n) is 7.35. The van der Waals surface area contributed by atoms with Crippen LogP contribution in [0.1, 0.15) is 55.3 Å². The first-order chi connectivity index (χ1) is 12.0. The molecule has 2 heterocycles. The summed E-state index contributed by atoms with van der Waals surface area (Å²) in [4.78, 5) is 4.80. The molecule has 0 spiro atoms. The molecule has 0 radical (unpaired) electrons. The number of rotatable bonds is 3. The van der Waals surface area contributed by atoms with E-state index >= 15 is 0 Å². The number of alkyl halides is 2. The Balaban J connectivity index is 1.63. The van der Waals surface area contributed by atoms with Gasteiger partial charge in [0.15, 0.2) is 5.82 Å². The van der Waals surface area contributed by atoms with E-state index in [1.54, 1.807) is 4.68 Å². The van der Waals surface area contributed by atoms with Crippen LogP contribution in [-0.4, -0.2) is 26.7 Å². The second-order valence-corrected chi connectivity index (χ2v) is 7.35. The van der Waals surface area contributed by atoms with Crippen molar-refractivity contribution in [2.24, 2.45) is 0 Å². The number of aromatic nitrogens is 3. The molecule has 4 nitrogen and oxygen atoms in total. The van der Waals surface area contributed by atoms with Crippen LogP contribution in [0.25, 0.3) is 5.82 Å². The predicted octanol–water partition coefficient (Wildman–Crippen LogP) is 4.44. The fourth-order valence-corrected chi connectivity index (χ4v) is 3.89. The van der Waals surface area contributed by atoms with Crippen molar-refractivity contribution in [1.29, 1.82) is 0 Å². The van der Waals surface area contributed by atoms with Crippen LogP contribution in [0.2, 0.25) is 0 Å². The van der Waals surface area contributed by atoms with Gasteiger partial charge in [0.05, 0.1) is 5.69 Å². The van der Waals surface area contributed by atoms with Gasteiger partial charge in [0.1, 0.15) is 5.82 Å². The van der Waals surface area contributed by atoms with Crippen molar-refractivity contribution in [2.75, 3.05) is 5.32 Å². The Morgan fingerprint density at radius 3 is 2.68 bits per heavy atom. The molecule has 2 aliphatic rings.